The third-order valence-electron chi connectivity index (χ3n) is 8.75. The number of anilines is 1. The van der Waals surface area contributed by atoms with Crippen molar-refractivity contribution < 1.29 is 17.9 Å². The van der Waals surface area contributed by atoms with Gasteiger partial charge in [-0.3, -0.25) is 9.10 Å². The van der Waals surface area contributed by atoms with Gasteiger partial charge in [-0.05, 0) is 62.6 Å². The van der Waals surface area contributed by atoms with Crippen LogP contribution in [0.5, 0.6) is 0 Å². The van der Waals surface area contributed by atoms with Crippen LogP contribution >= 0.6 is 0 Å². The first-order valence-corrected chi connectivity index (χ1v) is 16.1. The number of ether oxygens (including phenoxy) is 1. The van der Waals surface area contributed by atoms with Crippen molar-refractivity contribution in [2.75, 3.05) is 37.7 Å². The summed E-state index contributed by atoms with van der Waals surface area (Å²) < 4.78 is 37.9. The third-order valence-corrected chi connectivity index (χ3v) is 10.7. The summed E-state index contributed by atoms with van der Waals surface area (Å²) in [4.78, 5) is 17.7. The zero-order valence-electron chi connectivity index (χ0n) is 24.0. The molecule has 2 saturated heterocycles. The van der Waals surface area contributed by atoms with Crippen LogP contribution in [0.25, 0.3) is 11.0 Å². The highest BCUT2D eigenvalue weighted by Crippen LogP contribution is 2.32. The Morgan fingerprint density at radius 2 is 1.74 bits per heavy atom. The van der Waals surface area contributed by atoms with E-state index in [-0.39, 0.29) is 17.2 Å². The summed E-state index contributed by atoms with van der Waals surface area (Å²) in [5.41, 5.74) is 2.31. The van der Waals surface area contributed by atoms with Crippen molar-refractivity contribution in [3.8, 4) is 0 Å². The number of nitrogens with zero attached hydrogens (tertiary/aromatic N) is 4. The maximum absolute atomic E-state index is 13.6. The second-order valence-corrected chi connectivity index (χ2v) is 14.6. The first-order valence-electron chi connectivity index (χ1n) is 14.7. The molecule has 1 amide bonds. The fourth-order valence-corrected chi connectivity index (χ4v) is 7.70. The van der Waals surface area contributed by atoms with E-state index < -0.39 is 10.2 Å². The molecule has 0 atom stereocenters. The molecule has 1 saturated carbocycles. The van der Waals surface area contributed by atoms with Gasteiger partial charge >= 0.3 is 10.2 Å². The van der Waals surface area contributed by atoms with Gasteiger partial charge < -0.3 is 14.6 Å². The molecule has 2 aliphatic heterocycles. The summed E-state index contributed by atoms with van der Waals surface area (Å²) in [5.74, 6) is 1.53. The van der Waals surface area contributed by atoms with Crippen LogP contribution in [0.2, 0.25) is 0 Å². The molecule has 1 aromatic heterocycles. The molecule has 0 bridgehead atoms. The van der Waals surface area contributed by atoms with Crippen molar-refractivity contribution in [2.45, 2.75) is 90.1 Å². The molecule has 3 fully saturated rings. The number of rotatable bonds is 7. The number of amides is 1. The molecule has 5 rings (SSSR count). The van der Waals surface area contributed by atoms with Gasteiger partial charge in [0.05, 0.1) is 16.7 Å². The number of carbonyl (C=O) groups excluding carboxylic acids is 1. The molecule has 1 aromatic carbocycles. The van der Waals surface area contributed by atoms with Gasteiger partial charge in [0.1, 0.15) is 5.82 Å². The SMILES string of the molecule is CN(c1ccc2c(c1)nc(C(C)(C)C)n2CC1CCOCC1)S(=O)(=O)N1CCC(C(=O)NC2CCCC2)CC1. The lowest BCUT2D eigenvalue weighted by Crippen LogP contribution is -2.48. The molecule has 10 heteroatoms. The minimum Gasteiger partial charge on any atom is -0.381 e. The minimum atomic E-state index is -3.72. The highest BCUT2D eigenvalue weighted by atomic mass is 32.2. The highest BCUT2D eigenvalue weighted by molar-refractivity contribution is 7.90. The molecule has 3 aliphatic rings. The smallest absolute Gasteiger partial charge is 0.303 e. The zero-order valence-corrected chi connectivity index (χ0v) is 24.8. The van der Waals surface area contributed by atoms with Crippen LogP contribution < -0.4 is 9.62 Å². The molecule has 9 nitrogen and oxygen atoms in total. The molecule has 216 valence electrons. The average molecular weight is 560 g/mol. The first-order chi connectivity index (χ1) is 18.5. The first kappa shape index (κ1) is 28.4. The molecule has 0 spiro atoms. The van der Waals surface area contributed by atoms with Crippen LogP contribution in [0, 0.1) is 11.8 Å². The summed E-state index contributed by atoms with van der Waals surface area (Å²) in [5, 5.41) is 3.18. The predicted octanol–water partition coefficient (Wildman–Crippen LogP) is 4.21. The second-order valence-electron chi connectivity index (χ2n) is 12.7. The van der Waals surface area contributed by atoms with E-state index in [1.165, 1.54) is 21.5 Å². The van der Waals surface area contributed by atoms with Gasteiger partial charge in [-0.1, -0.05) is 33.6 Å². The van der Waals surface area contributed by atoms with E-state index >= 15 is 0 Å². The monoisotopic (exact) mass is 559 g/mol. The molecule has 1 N–H and O–H groups in total. The lowest BCUT2D eigenvalue weighted by molar-refractivity contribution is -0.126. The van der Waals surface area contributed by atoms with Gasteiger partial charge in [-0.15, -0.1) is 0 Å². The Hall–Kier alpha value is -2.17. The van der Waals surface area contributed by atoms with Crippen molar-refractivity contribution in [3.63, 3.8) is 0 Å². The lowest BCUT2D eigenvalue weighted by Gasteiger charge is -2.34. The fourth-order valence-electron chi connectivity index (χ4n) is 6.30. The standard InChI is InChI=1S/C29H45N5O4S/c1-29(2,3)28-31-25-19-24(9-10-26(25)34(28)20-21-13-17-38-18-14-21)32(4)39(36,37)33-15-11-22(12-16-33)27(35)30-23-7-5-6-8-23/h9-10,19,21-23H,5-8,11-18,20H2,1-4H3,(H,30,35). The van der Waals surface area contributed by atoms with Crippen LogP contribution in [0.4, 0.5) is 5.69 Å². The summed E-state index contributed by atoms with van der Waals surface area (Å²) in [7, 11) is -2.11. The number of piperidine rings is 1. The molecule has 0 unspecified atom stereocenters. The predicted molar refractivity (Wildman–Crippen MR) is 154 cm³/mol. The van der Waals surface area contributed by atoms with Crippen molar-refractivity contribution in [1.29, 1.82) is 0 Å². The number of imidazole rings is 1. The van der Waals surface area contributed by atoms with E-state index in [9.17, 15) is 13.2 Å². The van der Waals surface area contributed by atoms with Crippen molar-refractivity contribution in [2.24, 2.45) is 11.8 Å². The van der Waals surface area contributed by atoms with Crippen molar-refractivity contribution >= 4 is 32.8 Å². The van der Waals surface area contributed by atoms with Crippen LogP contribution in [0.3, 0.4) is 0 Å². The quantitative estimate of drug-likeness (QED) is 0.548. The lowest BCUT2D eigenvalue weighted by atomic mass is 9.94. The number of carbonyl (C=O) groups is 1. The van der Waals surface area contributed by atoms with E-state index in [2.05, 4.69) is 30.7 Å². The van der Waals surface area contributed by atoms with E-state index in [1.807, 2.05) is 18.2 Å². The molecule has 0 radical (unpaired) electrons. The van der Waals surface area contributed by atoms with Crippen LogP contribution in [-0.4, -0.2) is 67.6 Å². The second kappa shape index (κ2) is 11.4. The molecule has 39 heavy (non-hydrogen) atoms. The van der Waals surface area contributed by atoms with E-state index in [4.69, 9.17) is 9.72 Å². The van der Waals surface area contributed by atoms with E-state index in [0.717, 1.165) is 62.3 Å². The molecule has 1 aliphatic carbocycles. The Labute approximate surface area is 233 Å². The zero-order chi connectivity index (χ0) is 27.8. The van der Waals surface area contributed by atoms with Gasteiger partial charge in [-0.2, -0.15) is 12.7 Å². The Morgan fingerprint density at radius 1 is 1.08 bits per heavy atom. The number of fused-ring (bicyclic) bond motifs is 1. The van der Waals surface area contributed by atoms with Gasteiger partial charge in [-0.25, -0.2) is 4.98 Å². The molecule has 3 heterocycles. The van der Waals surface area contributed by atoms with Crippen molar-refractivity contribution in [3.05, 3.63) is 24.0 Å². The molecule has 2 aromatic rings. The number of hydrogen-bond acceptors (Lipinski definition) is 5. The Kier molecular flexibility index (Phi) is 8.27. The van der Waals surface area contributed by atoms with Gasteiger partial charge in [0.2, 0.25) is 5.91 Å². The van der Waals surface area contributed by atoms with Crippen LogP contribution in [0.15, 0.2) is 18.2 Å². The maximum Gasteiger partial charge on any atom is 0.303 e. The summed E-state index contributed by atoms with van der Waals surface area (Å²) in [6.07, 6.45) is 7.65. The Morgan fingerprint density at radius 3 is 2.38 bits per heavy atom. The average Bonchev–Trinajstić information content (AvgIpc) is 3.56. The summed E-state index contributed by atoms with van der Waals surface area (Å²) >= 11 is 0. The van der Waals surface area contributed by atoms with Gasteiger partial charge in [0.15, 0.2) is 0 Å². The summed E-state index contributed by atoms with van der Waals surface area (Å²) in [6.45, 7) is 9.71. The van der Waals surface area contributed by atoms with Crippen LogP contribution in [0.1, 0.15) is 78.0 Å². The van der Waals surface area contributed by atoms with Gasteiger partial charge in [0, 0.05) is 57.3 Å². The van der Waals surface area contributed by atoms with E-state index in [1.54, 1.807) is 7.05 Å². The minimum absolute atomic E-state index is 0.0868. The van der Waals surface area contributed by atoms with Crippen molar-refractivity contribution in [1.82, 2.24) is 19.2 Å². The normalized spacial score (nSPS) is 21.0. The van der Waals surface area contributed by atoms with E-state index in [0.29, 0.717) is 43.6 Å². The number of benzene rings is 1. The number of nitrogens with one attached hydrogen (secondary N) is 1. The molecular formula is C29H45N5O4S. The maximum atomic E-state index is 13.6. The number of aromatic nitrogens is 2. The number of hydrogen-bond donors (Lipinski definition) is 1. The Bertz CT molecular complexity index is 1260. The van der Waals surface area contributed by atoms with Crippen LogP contribution in [-0.2, 0) is 31.7 Å². The Balaban J connectivity index is 1.30. The fraction of sp³-hybridized carbons (Fsp3) is 0.724. The van der Waals surface area contributed by atoms with Gasteiger partial charge in [0.25, 0.3) is 0 Å². The largest absolute Gasteiger partial charge is 0.381 e. The molecular weight excluding hydrogens is 514 g/mol. The summed E-state index contributed by atoms with van der Waals surface area (Å²) in [6, 6.07) is 6.08. The topological polar surface area (TPSA) is 96.8 Å². The highest BCUT2D eigenvalue weighted by Gasteiger charge is 2.35. The third kappa shape index (κ3) is 6.12.